The first-order valence-corrected chi connectivity index (χ1v) is 7.33. The maximum absolute atomic E-state index is 3.50. The van der Waals surface area contributed by atoms with Crippen LogP contribution in [-0.2, 0) is 0 Å². The molecule has 1 aromatic carbocycles. The average Bonchev–Trinajstić information content (AvgIpc) is 2.41. The number of nitrogens with one attached hydrogen (secondary N) is 1. The Hall–Kier alpha value is -0.860. The summed E-state index contributed by atoms with van der Waals surface area (Å²) in [6.45, 7) is 11.1. The molecule has 1 rings (SSSR count). The molecule has 0 saturated carbocycles. The van der Waals surface area contributed by atoms with Crippen LogP contribution < -0.4 is 5.32 Å². The van der Waals surface area contributed by atoms with Crippen molar-refractivity contribution in [3.8, 4) is 0 Å². The predicted molar refractivity (Wildman–Crippen MR) is 79.9 cm³/mol. The van der Waals surface area contributed by atoms with Crippen LogP contribution in [0.5, 0.6) is 0 Å². The molecular formula is C16H28N2. The van der Waals surface area contributed by atoms with Gasteiger partial charge in [0.15, 0.2) is 0 Å². The molecule has 18 heavy (non-hydrogen) atoms. The Bertz CT molecular complexity index is 291. The van der Waals surface area contributed by atoms with E-state index in [1.165, 1.54) is 31.5 Å². The van der Waals surface area contributed by atoms with Gasteiger partial charge in [-0.3, -0.25) is 4.90 Å². The lowest BCUT2D eigenvalue weighted by molar-refractivity contribution is 0.193. The average molecular weight is 248 g/mol. The Labute approximate surface area is 112 Å². The van der Waals surface area contributed by atoms with E-state index < -0.39 is 0 Å². The van der Waals surface area contributed by atoms with Crippen molar-refractivity contribution in [1.29, 1.82) is 0 Å². The molecule has 0 aliphatic carbocycles. The van der Waals surface area contributed by atoms with Gasteiger partial charge in [0.1, 0.15) is 0 Å². The van der Waals surface area contributed by atoms with Gasteiger partial charge in [0.2, 0.25) is 0 Å². The van der Waals surface area contributed by atoms with Gasteiger partial charge in [0.25, 0.3) is 0 Å². The minimum atomic E-state index is 0.506. The Morgan fingerprint density at radius 2 is 1.61 bits per heavy atom. The van der Waals surface area contributed by atoms with Crippen molar-refractivity contribution < 1.29 is 0 Å². The normalized spacial score (nSPS) is 12.9. The van der Waals surface area contributed by atoms with Crippen molar-refractivity contribution in [3.63, 3.8) is 0 Å². The molecule has 102 valence electrons. The van der Waals surface area contributed by atoms with E-state index in [4.69, 9.17) is 0 Å². The van der Waals surface area contributed by atoms with E-state index >= 15 is 0 Å². The molecule has 1 N–H and O–H groups in total. The van der Waals surface area contributed by atoms with Gasteiger partial charge in [0.05, 0.1) is 0 Å². The Morgan fingerprint density at radius 3 is 2.11 bits per heavy atom. The highest BCUT2D eigenvalue weighted by molar-refractivity contribution is 5.19. The van der Waals surface area contributed by atoms with Crippen LogP contribution in [0.4, 0.5) is 0 Å². The highest BCUT2D eigenvalue weighted by Gasteiger charge is 2.18. The lowest BCUT2D eigenvalue weighted by Gasteiger charge is -2.32. The highest BCUT2D eigenvalue weighted by atomic mass is 15.2. The first-order valence-electron chi connectivity index (χ1n) is 7.33. The summed E-state index contributed by atoms with van der Waals surface area (Å²) in [5.74, 6) is 0. The van der Waals surface area contributed by atoms with Crippen molar-refractivity contribution in [2.75, 3.05) is 26.2 Å². The third kappa shape index (κ3) is 4.79. The summed E-state index contributed by atoms with van der Waals surface area (Å²) >= 11 is 0. The summed E-state index contributed by atoms with van der Waals surface area (Å²) in [6, 6.07) is 11.4. The van der Waals surface area contributed by atoms with Gasteiger partial charge in [-0.1, -0.05) is 51.1 Å². The number of likely N-dealkylation sites (N-methyl/N-ethyl adjacent to an activating group) is 1. The van der Waals surface area contributed by atoms with E-state index in [0.29, 0.717) is 6.04 Å². The van der Waals surface area contributed by atoms with Crippen molar-refractivity contribution >= 4 is 0 Å². The molecule has 0 amide bonds. The monoisotopic (exact) mass is 248 g/mol. The maximum atomic E-state index is 3.50. The molecule has 0 saturated heterocycles. The summed E-state index contributed by atoms with van der Waals surface area (Å²) in [7, 11) is 0. The zero-order valence-corrected chi connectivity index (χ0v) is 12.2. The van der Waals surface area contributed by atoms with Gasteiger partial charge in [-0.15, -0.1) is 0 Å². The molecule has 0 aliphatic heterocycles. The molecule has 2 nitrogen and oxygen atoms in total. The first kappa shape index (κ1) is 15.2. The van der Waals surface area contributed by atoms with Crippen LogP contribution in [-0.4, -0.2) is 31.1 Å². The second kappa shape index (κ2) is 9.12. The smallest absolute Gasteiger partial charge is 0.0472 e. The summed E-state index contributed by atoms with van der Waals surface area (Å²) in [4.78, 5) is 2.61. The summed E-state index contributed by atoms with van der Waals surface area (Å²) in [6.07, 6.45) is 2.44. The number of hydrogen-bond acceptors (Lipinski definition) is 2. The van der Waals surface area contributed by atoms with Gasteiger partial charge < -0.3 is 5.32 Å². The molecule has 0 heterocycles. The van der Waals surface area contributed by atoms with Gasteiger partial charge >= 0.3 is 0 Å². The molecule has 1 aromatic rings. The first-order chi connectivity index (χ1) is 8.83. The molecule has 0 fully saturated rings. The molecule has 1 unspecified atom stereocenters. The summed E-state index contributed by atoms with van der Waals surface area (Å²) in [5, 5.41) is 3.50. The fourth-order valence-corrected chi connectivity index (χ4v) is 2.41. The molecule has 0 aromatic heterocycles. The molecule has 0 radical (unpaired) electrons. The molecular weight excluding hydrogens is 220 g/mol. The van der Waals surface area contributed by atoms with Crippen LogP contribution in [0, 0.1) is 0 Å². The number of rotatable bonds is 9. The number of benzene rings is 1. The fourth-order valence-electron chi connectivity index (χ4n) is 2.41. The van der Waals surface area contributed by atoms with E-state index in [1.54, 1.807) is 0 Å². The standard InChI is InChI=1S/C16H28N2/c1-4-12-18(13-5-2)16(14-17-6-3)15-10-8-7-9-11-15/h7-11,16-17H,4-6,12-14H2,1-3H3. The predicted octanol–water partition coefficient (Wildman–Crippen LogP) is 3.46. The Morgan fingerprint density at radius 1 is 1.00 bits per heavy atom. The van der Waals surface area contributed by atoms with Gasteiger partial charge in [-0.2, -0.15) is 0 Å². The Balaban J connectivity index is 2.80. The van der Waals surface area contributed by atoms with Crippen LogP contribution >= 0.6 is 0 Å². The van der Waals surface area contributed by atoms with Crippen LogP contribution in [0.25, 0.3) is 0 Å². The van der Waals surface area contributed by atoms with Gasteiger partial charge in [-0.25, -0.2) is 0 Å². The quantitative estimate of drug-likeness (QED) is 0.720. The van der Waals surface area contributed by atoms with E-state index in [0.717, 1.165) is 13.1 Å². The number of hydrogen-bond donors (Lipinski definition) is 1. The minimum absolute atomic E-state index is 0.506. The zero-order valence-electron chi connectivity index (χ0n) is 12.2. The molecule has 0 aliphatic rings. The third-order valence-electron chi connectivity index (χ3n) is 3.23. The summed E-state index contributed by atoms with van der Waals surface area (Å²) in [5.41, 5.74) is 1.43. The lowest BCUT2D eigenvalue weighted by atomic mass is 10.0. The van der Waals surface area contributed by atoms with Crippen molar-refractivity contribution in [1.82, 2.24) is 10.2 Å². The van der Waals surface area contributed by atoms with Crippen molar-refractivity contribution in [2.45, 2.75) is 39.7 Å². The minimum Gasteiger partial charge on any atom is -0.315 e. The second-order valence-electron chi connectivity index (χ2n) is 4.77. The second-order valence-corrected chi connectivity index (χ2v) is 4.77. The van der Waals surface area contributed by atoms with E-state index in [1.807, 2.05) is 0 Å². The van der Waals surface area contributed by atoms with Crippen LogP contribution in [0.15, 0.2) is 30.3 Å². The maximum Gasteiger partial charge on any atom is 0.0472 e. The molecule has 0 spiro atoms. The molecule has 2 heteroatoms. The Kier molecular flexibility index (Phi) is 7.70. The van der Waals surface area contributed by atoms with Crippen LogP contribution in [0.1, 0.15) is 45.2 Å². The van der Waals surface area contributed by atoms with Crippen LogP contribution in [0.3, 0.4) is 0 Å². The third-order valence-corrected chi connectivity index (χ3v) is 3.23. The lowest BCUT2D eigenvalue weighted by Crippen LogP contribution is -2.37. The van der Waals surface area contributed by atoms with Crippen molar-refractivity contribution in [3.05, 3.63) is 35.9 Å². The van der Waals surface area contributed by atoms with Crippen molar-refractivity contribution in [2.24, 2.45) is 0 Å². The van der Waals surface area contributed by atoms with E-state index in [9.17, 15) is 0 Å². The molecule has 1 atom stereocenters. The van der Waals surface area contributed by atoms with Crippen LogP contribution in [0.2, 0.25) is 0 Å². The highest BCUT2D eigenvalue weighted by Crippen LogP contribution is 2.20. The summed E-state index contributed by atoms with van der Waals surface area (Å²) < 4.78 is 0. The number of nitrogens with zero attached hydrogens (tertiary/aromatic N) is 1. The van der Waals surface area contributed by atoms with Gasteiger partial charge in [-0.05, 0) is 38.0 Å². The molecule has 0 bridgehead atoms. The van der Waals surface area contributed by atoms with E-state index in [2.05, 4.69) is 61.3 Å². The largest absolute Gasteiger partial charge is 0.315 e. The van der Waals surface area contributed by atoms with Gasteiger partial charge in [0, 0.05) is 12.6 Å². The SMILES string of the molecule is CCCN(CCC)C(CNCC)c1ccccc1. The topological polar surface area (TPSA) is 15.3 Å². The fraction of sp³-hybridized carbons (Fsp3) is 0.625. The zero-order chi connectivity index (χ0) is 13.2. The van der Waals surface area contributed by atoms with E-state index in [-0.39, 0.29) is 0 Å².